The third kappa shape index (κ3) is 5.58. The number of carbonyl (C=O) groups is 1. The van der Waals surface area contributed by atoms with Crippen molar-refractivity contribution in [2.24, 2.45) is 0 Å². The molecule has 1 aromatic heterocycles. The van der Waals surface area contributed by atoms with Gasteiger partial charge in [0.1, 0.15) is 12.2 Å². The van der Waals surface area contributed by atoms with E-state index in [2.05, 4.69) is 0 Å². The van der Waals surface area contributed by atoms with Crippen LogP contribution in [0, 0.1) is 19.3 Å². The average Bonchev–Trinajstić information content (AvgIpc) is 2.97. The van der Waals surface area contributed by atoms with E-state index in [4.69, 9.17) is 20.2 Å². The van der Waals surface area contributed by atoms with Crippen molar-refractivity contribution in [3.63, 3.8) is 0 Å². The zero-order valence-corrected chi connectivity index (χ0v) is 19.7. The molecule has 2 N–H and O–H groups in total. The number of hydrogen-bond donors (Lipinski definition) is 2. The molecule has 32 heavy (non-hydrogen) atoms. The van der Waals surface area contributed by atoms with Gasteiger partial charge in [-0.2, -0.15) is 0 Å². The molecule has 1 saturated heterocycles. The van der Waals surface area contributed by atoms with Crippen LogP contribution in [0.15, 0.2) is 15.8 Å². The van der Waals surface area contributed by atoms with Gasteiger partial charge in [0, 0.05) is 24.4 Å². The van der Waals surface area contributed by atoms with Crippen LogP contribution in [0.1, 0.15) is 18.7 Å². The molecule has 178 valence electrons. The van der Waals surface area contributed by atoms with Crippen LogP contribution in [0.5, 0.6) is 0 Å². The molecule has 0 aromatic carbocycles. The van der Waals surface area contributed by atoms with Crippen LogP contribution in [0.25, 0.3) is 0 Å². The van der Waals surface area contributed by atoms with E-state index in [0.29, 0.717) is 0 Å². The van der Waals surface area contributed by atoms with Crippen LogP contribution >= 0.6 is 19.5 Å². The number of nitrogens with zero attached hydrogens (tertiary/aromatic N) is 2. The second kappa shape index (κ2) is 10.4. The molecule has 0 spiro atoms. The number of H-pyrrole nitrogens is 1. The molecule has 2 unspecified atom stereocenters. The van der Waals surface area contributed by atoms with Gasteiger partial charge < -0.3 is 9.84 Å². The lowest BCUT2D eigenvalue weighted by atomic mass is 9.97. The number of aryl methyl sites for hydroxylation is 1. The van der Waals surface area contributed by atoms with E-state index in [9.17, 15) is 24.1 Å². The van der Waals surface area contributed by atoms with Crippen molar-refractivity contribution in [2.45, 2.75) is 38.0 Å². The van der Waals surface area contributed by atoms with Crippen LogP contribution in [0.2, 0.25) is 0 Å². The van der Waals surface area contributed by atoms with Crippen LogP contribution < -0.4 is 11.2 Å². The average molecular weight is 493 g/mol. The van der Waals surface area contributed by atoms with Gasteiger partial charge in [-0.25, -0.2) is 18.4 Å². The van der Waals surface area contributed by atoms with Gasteiger partial charge in [-0.05, 0) is 21.0 Å². The van der Waals surface area contributed by atoms with Crippen LogP contribution in [0.4, 0.5) is 4.39 Å². The molecule has 0 amide bonds. The molecule has 1 aliphatic rings. The van der Waals surface area contributed by atoms with E-state index < -0.39 is 49.7 Å². The third-order valence-corrected chi connectivity index (χ3v) is 7.34. The maximum Gasteiger partial charge on any atom is 0.407 e. The molecule has 11 nitrogen and oxygen atoms in total. The van der Waals surface area contributed by atoms with Gasteiger partial charge in [0.25, 0.3) is 5.56 Å². The Balaban J connectivity index is 2.20. The maximum absolute atomic E-state index is 15.5. The van der Waals surface area contributed by atoms with Crippen molar-refractivity contribution in [3.8, 4) is 12.3 Å². The highest BCUT2D eigenvalue weighted by atomic mass is 32.2. The summed E-state index contributed by atoms with van der Waals surface area (Å²) >= 11 is 0.978. The number of nitrogens with one attached hydrogen (secondary N) is 1. The number of hydrogen-bond acceptors (Lipinski definition) is 9. The van der Waals surface area contributed by atoms with Crippen LogP contribution in [-0.4, -0.2) is 75.4 Å². The fourth-order valence-corrected chi connectivity index (χ4v) is 4.62. The minimum atomic E-state index is -3.87. The lowest BCUT2D eigenvalue weighted by molar-refractivity contribution is -0.109. The summed E-state index contributed by atoms with van der Waals surface area (Å²) in [5.74, 6) is 2.04. The largest absolute Gasteiger partial charge is 0.407 e. The zero-order chi connectivity index (χ0) is 24.3. The van der Waals surface area contributed by atoms with Gasteiger partial charge in [-0.1, -0.05) is 17.7 Å². The summed E-state index contributed by atoms with van der Waals surface area (Å²) in [4.78, 5) is 36.8. The fraction of sp³-hybridized carbons (Fsp3) is 0.611. The van der Waals surface area contributed by atoms with Crippen LogP contribution in [-0.2, 0) is 23.1 Å². The molecule has 0 saturated carbocycles. The van der Waals surface area contributed by atoms with Gasteiger partial charge >= 0.3 is 13.4 Å². The molecule has 0 aliphatic carbocycles. The maximum atomic E-state index is 15.5. The third-order valence-electron chi connectivity index (χ3n) is 4.60. The number of aromatic nitrogens is 2. The van der Waals surface area contributed by atoms with Gasteiger partial charge in [-0.3, -0.25) is 28.2 Å². The first kappa shape index (κ1) is 26.5. The molecule has 1 aromatic rings. The normalized spacial score (nSPS) is 27.2. The topological polar surface area (TPSA) is 140 Å². The summed E-state index contributed by atoms with van der Waals surface area (Å²) < 4.78 is 46.5. The van der Waals surface area contributed by atoms with Crippen molar-refractivity contribution in [2.75, 3.05) is 33.1 Å². The summed E-state index contributed by atoms with van der Waals surface area (Å²) in [5.41, 5.74) is -4.40. The molecule has 1 aliphatic heterocycles. The summed E-state index contributed by atoms with van der Waals surface area (Å²) in [6.45, 7) is 2.12. The lowest BCUT2D eigenvalue weighted by Crippen LogP contribution is -2.45. The van der Waals surface area contributed by atoms with Gasteiger partial charge in [0.2, 0.25) is 5.67 Å². The molecular weight excluding hydrogens is 468 g/mol. The van der Waals surface area contributed by atoms with E-state index >= 15 is 4.39 Å². The standard InChI is InChI=1S/C18H25FN3O8PS/c1-6-18(19)14(24)13(30-16(18)22-9-11(2)15(25)20-17(22)26)10-29-31(27,21(4)5)28-7-8-32-12(3)23/h1,9,13-14,16,24H,7-8,10H2,2-5H3,(H,20,25,26)/t13-,14+,16-,18?,31?/m1/s1. The summed E-state index contributed by atoms with van der Waals surface area (Å²) in [6, 6.07) is 0. The predicted octanol–water partition coefficient (Wildman–Crippen LogP) is 0.427. The lowest BCUT2D eigenvalue weighted by Gasteiger charge is -2.25. The molecule has 1 fully saturated rings. The molecular formula is C18H25FN3O8PS. The van der Waals surface area contributed by atoms with Crippen molar-refractivity contribution in [3.05, 3.63) is 32.6 Å². The number of ether oxygens (including phenoxy) is 1. The number of aromatic amines is 1. The number of halogens is 1. The monoisotopic (exact) mass is 493 g/mol. The Labute approximate surface area is 187 Å². The molecule has 5 atom stereocenters. The Morgan fingerprint density at radius 2 is 2.16 bits per heavy atom. The number of thioether (sulfide) groups is 1. The zero-order valence-electron chi connectivity index (χ0n) is 17.9. The van der Waals surface area contributed by atoms with Crippen LogP contribution in [0.3, 0.4) is 0 Å². The first-order valence-corrected chi connectivity index (χ1v) is 11.9. The number of aliphatic hydroxyl groups excluding tert-OH is 1. The Hall–Kier alpha value is -1.78. The van der Waals surface area contributed by atoms with Crippen molar-refractivity contribution < 1.29 is 32.6 Å². The SMILES string of the molecule is C#CC1(F)[C@@H](O)[C@@H](COP(=O)(OCCSC(C)=O)N(C)C)O[C@H]1n1cc(C)c(=O)[nH]c1=O. The number of rotatable bonds is 9. The molecule has 14 heteroatoms. The second-order valence-corrected chi connectivity index (χ2v) is 10.7. The van der Waals surface area contributed by atoms with E-state index in [1.165, 1.54) is 32.6 Å². The van der Waals surface area contributed by atoms with Crippen molar-refractivity contribution >= 4 is 24.6 Å². The molecule has 0 bridgehead atoms. The minimum absolute atomic E-state index is 0.0696. The fourth-order valence-electron chi connectivity index (χ4n) is 2.84. The van der Waals surface area contributed by atoms with Crippen molar-refractivity contribution in [1.29, 1.82) is 0 Å². The number of carbonyl (C=O) groups excluding carboxylic acids is 1. The van der Waals surface area contributed by atoms with E-state index in [-0.39, 0.29) is 23.0 Å². The first-order chi connectivity index (χ1) is 14.9. The smallest absolute Gasteiger partial charge is 0.386 e. The molecule has 0 radical (unpaired) electrons. The van der Waals surface area contributed by atoms with E-state index in [1.54, 1.807) is 0 Å². The highest BCUT2D eigenvalue weighted by molar-refractivity contribution is 8.13. The minimum Gasteiger partial charge on any atom is -0.386 e. The number of aliphatic hydroxyl groups is 1. The number of alkyl halides is 1. The first-order valence-electron chi connectivity index (χ1n) is 9.38. The van der Waals surface area contributed by atoms with E-state index in [1.807, 2.05) is 10.9 Å². The van der Waals surface area contributed by atoms with Gasteiger partial charge in [0.15, 0.2) is 11.3 Å². The molecule has 2 heterocycles. The highest BCUT2D eigenvalue weighted by Crippen LogP contribution is 2.51. The Morgan fingerprint density at radius 1 is 1.50 bits per heavy atom. The van der Waals surface area contributed by atoms with Crippen molar-refractivity contribution in [1.82, 2.24) is 14.2 Å². The highest BCUT2D eigenvalue weighted by Gasteiger charge is 2.58. The van der Waals surface area contributed by atoms with Gasteiger partial charge in [0.05, 0.1) is 13.2 Å². The summed E-state index contributed by atoms with van der Waals surface area (Å²) in [6.07, 6.45) is 1.23. The molecule has 2 rings (SSSR count). The number of terminal acetylenes is 1. The van der Waals surface area contributed by atoms with E-state index in [0.717, 1.165) is 22.5 Å². The Morgan fingerprint density at radius 3 is 2.72 bits per heavy atom. The second-order valence-electron chi connectivity index (χ2n) is 7.15. The summed E-state index contributed by atoms with van der Waals surface area (Å²) in [7, 11) is -1.01. The van der Waals surface area contributed by atoms with Gasteiger partial charge in [-0.15, -0.1) is 6.42 Å². The predicted molar refractivity (Wildman–Crippen MR) is 115 cm³/mol. The Kier molecular flexibility index (Phi) is 8.63. The Bertz CT molecular complexity index is 1050. The summed E-state index contributed by atoms with van der Waals surface area (Å²) in [5, 5.41) is 10.3. The quantitative estimate of drug-likeness (QED) is 0.283.